The zero-order chi connectivity index (χ0) is 18.6. The van der Waals surface area contributed by atoms with Gasteiger partial charge in [-0.2, -0.15) is 15.0 Å². The second kappa shape index (κ2) is 8.11. The number of rotatable bonds is 4. The maximum Gasteiger partial charge on any atom is 0.233 e. The van der Waals surface area contributed by atoms with Gasteiger partial charge in [0.05, 0.1) is 0 Å². The van der Waals surface area contributed by atoms with Crippen LogP contribution in [0.4, 0.5) is 23.5 Å². The van der Waals surface area contributed by atoms with E-state index in [4.69, 9.17) is 15.0 Å². The van der Waals surface area contributed by atoms with Crippen LogP contribution in [0, 0.1) is 13.8 Å². The fourth-order valence-corrected chi connectivity index (χ4v) is 4.06. The van der Waals surface area contributed by atoms with Crippen molar-refractivity contribution in [3.05, 3.63) is 29.3 Å². The van der Waals surface area contributed by atoms with E-state index in [0.29, 0.717) is 5.95 Å². The summed E-state index contributed by atoms with van der Waals surface area (Å²) < 4.78 is 0. The first-order chi connectivity index (χ1) is 13.2. The number of piperidine rings is 2. The van der Waals surface area contributed by atoms with Crippen molar-refractivity contribution in [3.63, 3.8) is 0 Å². The van der Waals surface area contributed by atoms with E-state index in [1.807, 2.05) is 0 Å². The summed E-state index contributed by atoms with van der Waals surface area (Å²) >= 11 is 0. The third kappa shape index (κ3) is 4.49. The van der Waals surface area contributed by atoms with Gasteiger partial charge in [-0.05, 0) is 75.6 Å². The molecule has 0 spiro atoms. The number of anilines is 4. The Labute approximate surface area is 162 Å². The number of benzene rings is 1. The van der Waals surface area contributed by atoms with Crippen LogP contribution < -0.4 is 15.1 Å². The molecule has 2 fully saturated rings. The van der Waals surface area contributed by atoms with E-state index in [0.717, 1.165) is 43.8 Å². The smallest absolute Gasteiger partial charge is 0.233 e. The van der Waals surface area contributed by atoms with Gasteiger partial charge in [0.15, 0.2) is 0 Å². The first kappa shape index (κ1) is 18.0. The Bertz CT molecular complexity index is 722. The lowest BCUT2D eigenvalue weighted by molar-refractivity contribution is 0.556. The summed E-state index contributed by atoms with van der Waals surface area (Å²) in [5.74, 6) is 2.28. The third-order valence-electron chi connectivity index (χ3n) is 5.37. The van der Waals surface area contributed by atoms with Crippen molar-refractivity contribution in [2.75, 3.05) is 41.3 Å². The molecule has 144 valence electrons. The largest absolute Gasteiger partial charge is 0.341 e. The zero-order valence-electron chi connectivity index (χ0n) is 16.5. The molecule has 6 heteroatoms. The summed E-state index contributed by atoms with van der Waals surface area (Å²) in [6.07, 6.45) is 7.45. The van der Waals surface area contributed by atoms with Gasteiger partial charge in [-0.1, -0.05) is 6.07 Å². The maximum atomic E-state index is 4.85. The SMILES string of the molecule is Cc1cc(C)cc(Nc2nc(N3CCCCC3)nc(N3CCCCC3)n2)c1. The highest BCUT2D eigenvalue weighted by molar-refractivity contribution is 5.58. The molecule has 0 unspecified atom stereocenters. The number of aryl methyl sites for hydroxylation is 2. The lowest BCUT2D eigenvalue weighted by atomic mass is 10.1. The highest BCUT2D eigenvalue weighted by Crippen LogP contribution is 2.24. The van der Waals surface area contributed by atoms with Crippen molar-refractivity contribution in [2.45, 2.75) is 52.4 Å². The van der Waals surface area contributed by atoms with Gasteiger partial charge < -0.3 is 15.1 Å². The van der Waals surface area contributed by atoms with Crippen LogP contribution in [-0.2, 0) is 0 Å². The average molecular weight is 367 g/mol. The van der Waals surface area contributed by atoms with Gasteiger partial charge in [-0.25, -0.2) is 0 Å². The van der Waals surface area contributed by atoms with E-state index in [9.17, 15) is 0 Å². The quantitative estimate of drug-likeness (QED) is 0.875. The van der Waals surface area contributed by atoms with Crippen LogP contribution in [0.5, 0.6) is 0 Å². The van der Waals surface area contributed by atoms with Gasteiger partial charge in [0.25, 0.3) is 0 Å². The lowest BCUT2D eigenvalue weighted by Gasteiger charge is -2.30. The van der Waals surface area contributed by atoms with Gasteiger partial charge in [0.1, 0.15) is 0 Å². The number of nitrogens with zero attached hydrogens (tertiary/aromatic N) is 5. The van der Waals surface area contributed by atoms with E-state index in [2.05, 4.69) is 47.2 Å². The summed E-state index contributed by atoms with van der Waals surface area (Å²) in [6.45, 7) is 8.37. The van der Waals surface area contributed by atoms with E-state index in [1.54, 1.807) is 0 Å². The molecule has 27 heavy (non-hydrogen) atoms. The van der Waals surface area contributed by atoms with Crippen molar-refractivity contribution in [1.29, 1.82) is 0 Å². The van der Waals surface area contributed by atoms with Crippen molar-refractivity contribution >= 4 is 23.5 Å². The molecule has 4 rings (SSSR count). The first-order valence-corrected chi connectivity index (χ1v) is 10.3. The highest BCUT2D eigenvalue weighted by Gasteiger charge is 2.20. The van der Waals surface area contributed by atoms with Crippen molar-refractivity contribution in [3.8, 4) is 0 Å². The minimum Gasteiger partial charge on any atom is -0.341 e. The molecule has 6 nitrogen and oxygen atoms in total. The van der Waals surface area contributed by atoms with Gasteiger partial charge in [-0.3, -0.25) is 0 Å². The van der Waals surface area contributed by atoms with Gasteiger partial charge in [0.2, 0.25) is 17.8 Å². The summed E-state index contributed by atoms with van der Waals surface area (Å²) in [5.41, 5.74) is 3.51. The molecule has 0 radical (unpaired) electrons. The molecular weight excluding hydrogens is 336 g/mol. The third-order valence-corrected chi connectivity index (χ3v) is 5.37. The zero-order valence-corrected chi connectivity index (χ0v) is 16.5. The van der Waals surface area contributed by atoms with Crippen LogP contribution in [0.3, 0.4) is 0 Å². The molecule has 2 aliphatic heterocycles. The molecule has 1 aromatic carbocycles. The minimum atomic E-state index is 0.649. The number of hydrogen-bond donors (Lipinski definition) is 1. The molecule has 0 bridgehead atoms. The molecule has 1 aromatic heterocycles. The number of hydrogen-bond acceptors (Lipinski definition) is 6. The van der Waals surface area contributed by atoms with Crippen LogP contribution in [0.25, 0.3) is 0 Å². The average Bonchev–Trinajstić information content (AvgIpc) is 2.68. The molecule has 1 N–H and O–H groups in total. The molecule has 2 aromatic rings. The van der Waals surface area contributed by atoms with Gasteiger partial charge in [0, 0.05) is 31.9 Å². The van der Waals surface area contributed by atoms with E-state index >= 15 is 0 Å². The van der Waals surface area contributed by atoms with E-state index in [-0.39, 0.29) is 0 Å². The molecule has 0 amide bonds. The standard InChI is InChI=1S/C21H30N6/c1-16-13-17(2)15-18(14-16)22-19-23-20(26-9-5-3-6-10-26)25-21(24-19)27-11-7-4-8-12-27/h13-15H,3-12H2,1-2H3,(H,22,23,24,25). The normalized spacial score (nSPS) is 17.9. The Morgan fingerprint density at radius 3 is 1.63 bits per heavy atom. The summed E-state index contributed by atoms with van der Waals surface area (Å²) in [7, 11) is 0. The molecular formula is C21H30N6. The molecule has 3 heterocycles. The summed E-state index contributed by atoms with van der Waals surface area (Å²) in [5, 5.41) is 3.43. The Morgan fingerprint density at radius 1 is 0.667 bits per heavy atom. The van der Waals surface area contributed by atoms with E-state index < -0.39 is 0 Å². The second-order valence-electron chi connectivity index (χ2n) is 7.86. The molecule has 0 atom stereocenters. The van der Waals surface area contributed by atoms with Crippen molar-refractivity contribution in [1.82, 2.24) is 15.0 Å². The van der Waals surface area contributed by atoms with Crippen LogP contribution in [0.1, 0.15) is 49.7 Å². The Hall–Kier alpha value is -2.37. The van der Waals surface area contributed by atoms with Crippen LogP contribution in [-0.4, -0.2) is 41.1 Å². The Balaban J connectivity index is 1.65. The fraction of sp³-hybridized carbons (Fsp3) is 0.571. The molecule has 0 saturated carbocycles. The molecule has 2 aliphatic rings. The van der Waals surface area contributed by atoms with Crippen LogP contribution in [0.15, 0.2) is 18.2 Å². The number of nitrogens with one attached hydrogen (secondary N) is 1. The monoisotopic (exact) mass is 366 g/mol. The maximum absolute atomic E-state index is 4.85. The van der Waals surface area contributed by atoms with Crippen LogP contribution in [0.2, 0.25) is 0 Å². The molecule has 0 aliphatic carbocycles. The second-order valence-corrected chi connectivity index (χ2v) is 7.86. The Morgan fingerprint density at radius 2 is 1.15 bits per heavy atom. The topological polar surface area (TPSA) is 57.2 Å². The Kier molecular flexibility index (Phi) is 5.41. The fourth-order valence-electron chi connectivity index (χ4n) is 4.06. The predicted molar refractivity (Wildman–Crippen MR) is 111 cm³/mol. The lowest BCUT2D eigenvalue weighted by Crippen LogP contribution is -2.34. The summed E-state index contributed by atoms with van der Waals surface area (Å²) in [4.78, 5) is 19.0. The number of aromatic nitrogens is 3. The van der Waals surface area contributed by atoms with Crippen LogP contribution >= 0.6 is 0 Å². The highest BCUT2D eigenvalue weighted by atomic mass is 15.4. The minimum absolute atomic E-state index is 0.649. The van der Waals surface area contributed by atoms with Gasteiger partial charge >= 0.3 is 0 Å². The first-order valence-electron chi connectivity index (χ1n) is 10.3. The van der Waals surface area contributed by atoms with Gasteiger partial charge in [-0.15, -0.1) is 0 Å². The molecule has 2 saturated heterocycles. The van der Waals surface area contributed by atoms with Crippen molar-refractivity contribution in [2.24, 2.45) is 0 Å². The van der Waals surface area contributed by atoms with E-state index in [1.165, 1.54) is 49.7 Å². The predicted octanol–water partition coefficient (Wildman–Crippen LogP) is 4.21. The summed E-state index contributed by atoms with van der Waals surface area (Å²) in [6, 6.07) is 6.45. The van der Waals surface area contributed by atoms with Crippen molar-refractivity contribution < 1.29 is 0 Å².